The van der Waals surface area contributed by atoms with Gasteiger partial charge in [0.15, 0.2) is 0 Å². The molecule has 0 spiro atoms. The predicted octanol–water partition coefficient (Wildman–Crippen LogP) is 1.45. The van der Waals surface area contributed by atoms with Crippen LogP contribution in [0.25, 0.3) is 0 Å². The molecule has 102 valence electrons. The van der Waals surface area contributed by atoms with Gasteiger partial charge in [-0.15, -0.1) is 0 Å². The molecular weight excluding hydrogens is 256 g/mol. The number of carbonyl (C=O) groups is 2. The molecule has 0 saturated carbocycles. The summed E-state index contributed by atoms with van der Waals surface area (Å²) in [4.78, 5) is 36.5. The number of hydrogen-bond acceptors (Lipinski definition) is 7. The second-order valence-electron chi connectivity index (χ2n) is 3.60. The predicted molar refractivity (Wildman–Crippen MR) is 64.7 cm³/mol. The molecule has 0 aromatic heterocycles. The number of methoxy groups -OCH3 is 1. The molecule has 1 rings (SSSR count). The average molecular weight is 268 g/mol. The summed E-state index contributed by atoms with van der Waals surface area (Å²) < 4.78 is 4.85. The lowest BCUT2D eigenvalue weighted by Gasteiger charge is -2.07. The highest BCUT2D eigenvalue weighted by Crippen LogP contribution is 2.28. The molecule has 0 aliphatic heterocycles. The topological polar surface area (TPSA) is 108 Å². The fraction of sp³-hybridized carbons (Fsp3) is 0.273. The number of nitrogens with zero attached hydrogens (tertiary/aromatic N) is 1. The van der Waals surface area contributed by atoms with Crippen molar-refractivity contribution in [2.24, 2.45) is 0 Å². The van der Waals surface area contributed by atoms with Crippen LogP contribution in [0.15, 0.2) is 18.2 Å². The van der Waals surface area contributed by atoms with Crippen molar-refractivity contribution in [3.05, 3.63) is 28.3 Å². The smallest absolute Gasteiger partial charge is 0.339 e. The molecular formula is C11H12N2O6. The maximum atomic E-state index is 11.1. The van der Waals surface area contributed by atoms with Gasteiger partial charge in [-0.25, -0.2) is 10.3 Å². The van der Waals surface area contributed by atoms with Crippen LogP contribution in [0.2, 0.25) is 0 Å². The quantitative estimate of drug-likeness (QED) is 0.472. The lowest BCUT2D eigenvalue weighted by Crippen LogP contribution is -2.14. The van der Waals surface area contributed by atoms with Crippen LogP contribution >= 0.6 is 0 Å². The molecule has 0 unspecified atom stereocenters. The van der Waals surface area contributed by atoms with Crippen LogP contribution in [-0.4, -0.2) is 23.8 Å². The zero-order chi connectivity index (χ0) is 14.4. The van der Waals surface area contributed by atoms with Crippen LogP contribution < -0.4 is 10.2 Å². The molecule has 0 fully saturated rings. The number of Topliss-reactive ketones (excluding diaryl/α,β-unsaturated/α-hetero) is 1. The van der Waals surface area contributed by atoms with E-state index in [0.29, 0.717) is 5.75 Å². The van der Waals surface area contributed by atoms with Gasteiger partial charge in [0, 0.05) is 0 Å². The zero-order valence-electron chi connectivity index (χ0n) is 10.3. The zero-order valence-corrected chi connectivity index (χ0v) is 10.3. The number of rotatable bonds is 6. The monoisotopic (exact) mass is 268 g/mol. The second-order valence-corrected chi connectivity index (χ2v) is 3.60. The van der Waals surface area contributed by atoms with Crippen molar-refractivity contribution in [3.63, 3.8) is 0 Å². The van der Waals surface area contributed by atoms with E-state index in [-0.39, 0.29) is 17.2 Å². The summed E-state index contributed by atoms with van der Waals surface area (Å²) in [6, 6.07) is 3.98. The van der Waals surface area contributed by atoms with Gasteiger partial charge in [-0.05, 0) is 19.1 Å². The number of ether oxygens (including phenoxy) is 1. The molecule has 0 radical (unpaired) electrons. The summed E-state index contributed by atoms with van der Waals surface area (Å²) in [5.41, 5.74) is 1.83. The highest BCUT2D eigenvalue weighted by Gasteiger charge is 2.17. The number of nitro benzene ring substituents is 1. The number of ketones is 1. The van der Waals surface area contributed by atoms with Gasteiger partial charge < -0.3 is 9.57 Å². The summed E-state index contributed by atoms with van der Waals surface area (Å²) in [5, 5.41) is 10.8. The van der Waals surface area contributed by atoms with Crippen molar-refractivity contribution in [2.45, 2.75) is 13.3 Å². The Morgan fingerprint density at radius 1 is 1.42 bits per heavy atom. The standard InChI is InChI=1S/C11H12N2O6/c1-7(14)5-11(15)19-12-9-4-3-8(18-2)6-10(9)13(16)17/h3-4,6,12H,5H2,1-2H3. The van der Waals surface area contributed by atoms with Crippen molar-refractivity contribution in [2.75, 3.05) is 12.6 Å². The minimum Gasteiger partial charge on any atom is -0.496 e. The Kier molecular flexibility index (Phi) is 4.81. The van der Waals surface area contributed by atoms with Crippen molar-refractivity contribution in [1.29, 1.82) is 0 Å². The van der Waals surface area contributed by atoms with Gasteiger partial charge in [0.25, 0.3) is 5.69 Å². The molecule has 0 aliphatic carbocycles. The lowest BCUT2D eigenvalue weighted by molar-refractivity contribution is -0.384. The number of hydrogen-bond donors (Lipinski definition) is 1. The van der Waals surface area contributed by atoms with E-state index in [1.807, 2.05) is 0 Å². The van der Waals surface area contributed by atoms with E-state index in [4.69, 9.17) is 4.74 Å². The van der Waals surface area contributed by atoms with Gasteiger partial charge in [-0.2, -0.15) is 0 Å². The van der Waals surface area contributed by atoms with E-state index in [9.17, 15) is 19.7 Å². The molecule has 0 aliphatic rings. The van der Waals surface area contributed by atoms with Crippen molar-refractivity contribution >= 4 is 23.1 Å². The van der Waals surface area contributed by atoms with E-state index in [0.717, 1.165) is 0 Å². The maximum absolute atomic E-state index is 11.1. The Morgan fingerprint density at radius 3 is 2.63 bits per heavy atom. The van der Waals surface area contributed by atoms with Gasteiger partial charge >= 0.3 is 5.97 Å². The Hall–Kier alpha value is -2.64. The van der Waals surface area contributed by atoms with Crippen LogP contribution in [0.5, 0.6) is 5.75 Å². The van der Waals surface area contributed by atoms with Crippen LogP contribution in [0.3, 0.4) is 0 Å². The third-order valence-electron chi connectivity index (χ3n) is 2.07. The first-order valence-electron chi connectivity index (χ1n) is 5.21. The summed E-state index contributed by atoms with van der Waals surface area (Å²) in [7, 11) is 1.37. The van der Waals surface area contributed by atoms with E-state index >= 15 is 0 Å². The first kappa shape index (κ1) is 14.4. The Balaban J connectivity index is 2.80. The molecule has 0 atom stereocenters. The molecule has 1 aromatic carbocycles. The molecule has 8 nitrogen and oxygen atoms in total. The molecule has 1 aromatic rings. The summed E-state index contributed by atoms with van der Waals surface area (Å²) in [5.74, 6) is -0.888. The Morgan fingerprint density at radius 2 is 2.11 bits per heavy atom. The van der Waals surface area contributed by atoms with E-state index in [1.54, 1.807) is 0 Å². The third-order valence-corrected chi connectivity index (χ3v) is 2.07. The van der Waals surface area contributed by atoms with Crippen molar-refractivity contribution in [1.82, 2.24) is 0 Å². The Bertz CT molecular complexity index is 514. The van der Waals surface area contributed by atoms with E-state index in [2.05, 4.69) is 10.3 Å². The van der Waals surface area contributed by atoms with Gasteiger partial charge in [-0.1, -0.05) is 0 Å². The average Bonchev–Trinajstić information content (AvgIpc) is 2.35. The minimum absolute atomic E-state index is 0.0114. The first-order chi connectivity index (χ1) is 8.93. The first-order valence-corrected chi connectivity index (χ1v) is 5.21. The molecule has 1 N–H and O–H groups in total. The summed E-state index contributed by atoms with van der Waals surface area (Å²) in [6.45, 7) is 1.23. The molecule has 0 bridgehead atoms. The van der Waals surface area contributed by atoms with Crippen LogP contribution in [0, 0.1) is 10.1 Å². The number of benzene rings is 1. The van der Waals surface area contributed by atoms with Crippen LogP contribution in [-0.2, 0) is 14.4 Å². The SMILES string of the molecule is COc1ccc(NOC(=O)CC(C)=O)c([N+](=O)[O-])c1. The highest BCUT2D eigenvalue weighted by atomic mass is 16.7. The fourth-order valence-corrected chi connectivity index (χ4v) is 1.23. The minimum atomic E-state index is -0.822. The number of nitro groups is 1. The number of carbonyl (C=O) groups excluding carboxylic acids is 2. The molecule has 19 heavy (non-hydrogen) atoms. The number of anilines is 1. The lowest BCUT2D eigenvalue weighted by atomic mass is 10.2. The van der Waals surface area contributed by atoms with Gasteiger partial charge in [-0.3, -0.25) is 14.9 Å². The van der Waals surface area contributed by atoms with Crippen LogP contribution in [0.1, 0.15) is 13.3 Å². The molecule has 0 amide bonds. The van der Waals surface area contributed by atoms with Gasteiger partial charge in [0.2, 0.25) is 0 Å². The van der Waals surface area contributed by atoms with Gasteiger partial charge in [0.1, 0.15) is 23.6 Å². The highest BCUT2D eigenvalue weighted by molar-refractivity contribution is 5.94. The summed E-state index contributed by atoms with van der Waals surface area (Å²) >= 11 is 0. The number of nitrogens with one attached hydrogen (secondary N) is 1. The molecule has 8 heteroatoms. The van der Waals surface area contributed by atoms with Crippen molar-refractivity contribution < 1.29 is 24.1 Å². The second kappa shape index (κ2) is 6.34. The third kappa shape index (κ3) is 4.26. The largest absolute Gasteiger partial charge is 0.496 e. The van der Waals surface area contributed by atoms with E-state index in [1.165, 1.54) is 32.2 Å². The summed E-state index contributed by atoms with van der Waals surface area (Å²) in [6.07, 6.45) is -0.406. The molecule has 0 saturated heterocycles. The van der Waals surface area contributed by atoms with Crippen molar-refractivity contribution in [3.8, 4) is 5.75 Å². The normalized spacial score (nSPS) is 9.58. The van der Waals surface area contributed by atoms with E-state index < -0.39 is 17.3 Å². The fourth-order valence-electron chi connectivity index (χ4n) is 1.23. The molecule has 0 heterocycles. The van der Waals surface area contributed by atoms with Crippen LogP contribution in [0.4, 0.5) is 11.4 Å². The maximum Gasteiger partial charge on any atom is 0.339 e. The van der Waals surface area contributed by atoms with Gasteiger partial charge in [0.05, 0.1) is 18.1 Å². The Labute approximate surface area is 108 Å².